The molecule has 2 atom stereocenters. The first-order chi connectivity index (χ1) is 13.0. The lowest BCUT2D eigenvalue weighted by molar-refractivity contribution is 0.0279. The van der Waals surface area contributed by atoms with Crippen molar-refractivity contribution in [1.29, 1.82) is 0 Å². The maximum absolute atomic E-state index is 10.6. The quantitative estimate of drug-likeness (QED) is 0.719. The molecule has 1 heterocycles. The summed E-state index contributed by atoms with van der Waals surface area (Å²) in [5, 5.41) is 21.8. The SMILES string of the molecule is O[C@H](COc1ccc(Cl)cc1Cl)CN1CCC([C@H](O)c2ccccc2)CC1. The Hall–Kier alpha value is -1.30. The second kappa shape index (κ2) is 9.76. The molecule has 0 aromatic heterocycles. The first-order valence-electron chi connectivity index (χ1n) is 9.24. The molecule has 2 N–H and O–H groups in total. The molecule has 4 nitrogen and oxygen atoms in total. The Morgan fingerprint density at radius 1 is 1.04 bits per heavy atom. The molecule has 0 unspecified atom stereocenters. The van der Waals surface area contributed by atoms with Crippen molar-refractivity contribution in [2.45, 2.75) is 25.0 Å². The number of hydrogen-bond donors (Lipinski definition) is 2. The summed E-state index contributed by atoms with van der Waals surface area (Å²) < 4.78 is 5.61. The number of halogens is 2. The molecule has 2 aromatic rings. The van der Waals surface area contributed by atoms with Crippen LogP contribution in [0.15, 0.2) is 48.5 Å². The maximum Gasteiger partial charge on any atom is 0.138 e. The number of aliphatic hydroxyl groups is 2. The number of aliphatic hydroxyl groups excluding tert-OH is 2. The lowest BCUT2D eigenvalue weighted by Crippen LogP contribution is -2.41. The highest BCUT2D eigenvalue weighted by Crippen LogP contribution is 2.31. The Morgan fingerprint density at radius 3 is 2.41 bits per heavy atom. The van der Waals surface area contributed by atoms with Gasteiger partial charge in [-0.3, -0.25) is 0 Å². The second-order valence-electron chi connectivity index (χ2n) is 7.03. The molecular formula is C21H25Cl2NO3. The normalized spacial score (nSPS) is 18.2. The summed E-state index contributed by atoms with van der Waals surface area (Å²) in [6, 6.07) is 14.8. The van der Waals surface area contributed by atoms with Crippen LogP contribution in [0.1, 0.15) is 24.5 Å². The van der Waals surface area contributed by atoms with E-state index in [4.69, 9.17) is 27.9 Å². The van der Waals surface area contributed by atoms with E-state index in [1.165, 1.54) is 0 Å². The van der Waals surface area contributed by atoms with E-state index in [0.29, 0.717) is 22.3 Å². The van der Waals surface area contributed by atoms with Crippen molar-refractivity contribution in [3.05, 3.63) is 64.1 Å². The van der Waals surface area contributed by atoms with Crippen molar-refractivity contribution in [2.75, 3.05) is 26.2 Å². The van der Waals surface area contributed by atoms with Gasteiger partial charge in [0.2, 0.25) is 0 Å². The van der Waals surface area contributed by atoms with E-state index < -0.39 is 12.2 Å². The molecule has 1 fully saturated rings. The van der Waals surface area contributed by atoms with Crippen LogP contribution < -0.4 is 4.74 Å². The van der Waals surface area contributed by atoms with Gasteiger partial charge in [-0.25, -0.2) is 0 Å². The highest BCUT2D eigenvalue weighted by Gasteiger charge is 2.27. The number of hydrogen-bond acceptors (Lipinski definition) is 4. The van der Waals surface area contributed by atoms with E-state index in [9.17, 15) is 10.2 Å². The van der Waals surface area contributed by atoms with Gasteiger partial charge in [0.05, 0.1) is 11.1 Å². The average molecular weight is 410 g/mol. The first kappa shape index (κ1) is 20.4. The van der Waals surface area contributed by atoms with E-state index >= 15 is 0 Å². The number of likely N-dealkylation sites (tertiary alicyclic amines) is 1. The Bertz CT molecular complexity index is 721. The van der Waals surface area contributed by atoms with Gasteiger partial charge in [-0.2, -0.15) is 0 Å². The number of benzene rings is 2. The molecule has 1 saturated heterocycles. The van der Waals surface area contributed by atoms with Gasteiger partial charge in [-0.05, 0) is 55.6 Å². The third-order valence-electron chi connectivity index (χ3n) is 5.01. The number of piperidine rings is 1. The van der Waals surface area contributed by atoms with Crippen molar-refractivity contribution >= 4 is 23.2 Å². The van der Waals surface area contributed by atoms with Crippen molar-refractivity contribution in [2.24, 2.45) is 5.92 Å². The van der Waals surface area contributed by atoms with Crippen molar-refractivity contribution in [3.8, 4) is 5.75 Å². The van der Waals surface area contributed by atoms with Crippen LogP contribution in [0.3, 0.4) is 0 Å². The van der Waals surface area contributed by atoms with Crippen LogP contribution >= 0.6 is 23.2 Å². The van der Waals surface area contributed by atoms with E-state index in [1.54, 1.807) is 18.2 Å². The zero-order chi connectivity index (χ0) is 19.2. The smallest absolute Gasteiger partial charge is 0.138 e. The highest BCUT2D eigenvalue weighted by atomic mass is 35.5. The lowest BCUT2D eigenvalue weighted by atomic mass is 9.87. The predicted molar refractivity (Wildman–Crippen MR) is 109 cm³/mol. The van der Waals surface area contributed by atoms with Gasteiger partial charge in [-0.15, -0.1) is 0 Å². The average Bonchev–Trinajstić information content (AvgIpc) is 2.68. The van der Waals surface area contributed by atoms with E-state index in [0.717, 1.165) is 31.5 Å². The zero-order valence-electron chi connectivity index (χ0n) is 15.1. The standard InChI is InChI=1S/C21H25Cl2NO3/c22-17-6-7-20(19(23)12-17)27-14-18(25)13-24-10-8-16(9-11-24)21(26)15-4-2-1-3-5-15/h1-7,12,16,18,21,25-26H,8-11,13-14H2/t18-,21+/m0/s1. The first-order valence-corrected chi connectivity index (χ1v) is 10.00. The second-order valence-corrected chi connectivity index (χ2v) is 7.88. The Morgan fingerprint density at radius 2 is 1.74 bits per heavy atom. The molecule has 146 valence electrons. The Balaban J connectivity index is 1.42. The van der Waals surface area contributed by atoms with Crippen molar-refractivity contribution < 1.29 is 14.9 Å². The molecule has 0 aliphatic carbocycles. The van der Waals surface area contributed by atoms with Gasteiger partial charge < -0.3 is 19.8 Å². The van der Waals surface area contributed by atoms with Crippen LogP contribution in [-0.2, 0) is 0 Å². The minimum Gasteiger partial charge on any atom is -0.489 e. The zero-order valence-corrected chi connectivity index (χ0v) is 16.6. The van der Waals surface area contributed by atoms with Crippen LogP contribution in [0.25, 0.3) is 0 Å². The van der Waals surface area contributed by atoms with Crippen LogP contribution in [0.5, 0.6) is 5.75 Å². The Labute approximate surface area is 170 Å². The third-order valence-corrected chi connectivity index (χ3v) is 5.54. The minimum atomic E-state index is -0.604. The van der Waals surface area contributed by atoms with Gasteiger partial charge in [0.25, 0.3) is 0 Å². The molecule has 0 bridgehead atoms. The highest BCUT2D eigenvalue weighted by molar-refractivity contribution is 6.35. The van der Waals surface area contributed by atoms with Crippen LogP contribution in [0.2, 0.25) is 10.0 Å². The predicted octanol–water partition coefficient (Wildman–Crippen LogP) is 4.18. The number of nitrogens with zero attached hydrogens (tertiary/aromatic N) is 1. The minimum absolute atomic E-state index is 0.175. The summed E-state index contributed by atoms with van der Waals surface area (Å²) in [5.74, 6) is 0.773. The molecule has 1 aliphatic heterocycles. The number of β-amino-alcohol motifs (C(OH)–C–C–N with tert-alkyl or cyclic N) is 1. The van der Waals surface area contributed by atoms with E-state index in [1.807, 2.05) is 30.3 Å². The molecule has 0 amide bonds. The van der Waals surface area contributed by atoms with E-state index in [2.05, 4.69) is 4.90 Å². The molecule has 3 rings (SSSR count). The van der Waals surface area contributed by atoms with Crippen LogP contribution in [-0.4, -0.2) is 47.5 Å². The maximum atomic E-state index is 10.6. The van der Waals surface area contributed by atoms with Crippen molar-refractivity contribution in [1.82, 2.24) is 4.90 Å². The van der Waals surface area contributed by atoms with Crippen molar-refractivity contribution in [3.63, 3.8) is 0 Å². The summed E-state index contributed by atoms with van der Waals surface area (Å²) in [6.07, 6.45) is 0.792. The molecule has 1 aliphatic rings. The monoisotopic (exact) mass is 409 g/mol. The van der Waals surface area contributed by atoms with Gasteiger partial charge in [-0.1, -0.05) is 53.5 Å². The number of ether oxygens (including phenoxy) is 1. The van der Waals surface area contributed by atoms with E-state index in [-0.39, 0.29) is 12.5 Å². The number of rotatable bonds is 7. The summed E-state index contributed by atoms with van der Waals surface area (Å²) in [7, 11) is 0. The van der Waals surface area contributed by atoms with Gasteiger partial charge in [0, 0.05) is 11.6 Å². The molecule has 27 heavy (non-hydrogen) atoms. The molecule has 0 radical (unpaired) electrons. The topological polar surface area (TPSA) is 52.9 Å². The van der Waals surface area contributed by atoms with Crippen LogP contribution in [0.4, 0.5) is 0 Å². The van der Waals surface area contributed by atoms with Crippen LogP contribution in [0, 0.1) is 5.92 Å². The summed E-state index contributed by atoms with van der Waals surface area (Å²) in [6.45, 7) is 2.42. The molecule has 0 saturated carbocycles. The fourth-order valence-electron chi connectivity index (χ4n) is 3.50. The fraction of sp³-hybridized carbons (Fsp3) is 0.429. The largest absolute Gasteiger partial charge is 0.489 e. The van der Waals surface area contributed by atoms with Gasteiger partial charge in [0.1, 0.15) is 18.5 Å². The summed E-state index contributed by atoms with van der Waals surface area (Å²) >= 11 is 11.9. The molecule has 6 heteroatoms. The summed E-state index contributed by atoms with van der Waals surface area (Å²) in [5.41, 5.74) is 0.976. The molecular weight excluding hydrogens is 385 g/mol. The van der Waals surface area contributed by atoms with Gasteiger partial charge in [0.15, 0.2) is 0 Å². The molecule has 2 aromatic carbocycles. The lowest BCUT2D eigenvalue weighted by Gasteiger charge is -2.35. The third kappa shape index (κ3) is 5.84. The molecule has 0 spiro atoms. The Kier molecular flexibility index (Phi) is 7.39. The fourth-order valence-corrected chi connectivity index (χ4v) is 3.97. The van der Waals surface area contributed by atoms with Gasteiger partial charge >= 0.3 is 0 Å². The summed E-state index contributed by atoms with van der Waals surface area (Å²) in [4.78, 5) is 2.21.